The van der Waals surface area contributed by atoms with Crippen molar-refractivity contribution in [1.29, 1.82) is 0 Å². The van der Waals surface area contributed by atoms with Crippen molar-refractivity contribution in [3.63, 3.8) is 0 Å². The van der Waals surface area contributed by atoms with Gasteiger partial charge in [-0.2, -0.15) is 17.6 Å². The maximum atomic E-state index is 13.4. The molecule has 136 valence electrons. The monoisotopic (exact) mass is 364 g/mol. The zero-order chi connectivity index (χ0) is 18.8. The third-order valence-electron chi connectivity index (χ3n) is 3.44. The Balaban J connectivity index is 2.14. The van der Waals surface area contributed by atoms with Crippen molar-refractivity contribution in [2.45, 2.75) is 24.7 Å². The van der Waals surface area contributed by atoms with Crippen LogP contribution in [0.2, 0.25) is 0 Å². The lowest BCUT2D eigenvalue weighted by atomic mass is 10.0. The average molecular weight is 364 g/mol. The van der Waals surface area contributed by atoms with Gasteiger partial charge in [0.1, 0.15) is 5.75 Å². The predicted octanol–water partition coefficient (Wildman–Crippen LogP) is 4.72. The second-order valence-electron chi connectivity index (χ2n) is 5.31. The van der Waals surface area contributed by atoms with Crippen molar-refractivity contribution >= 4 is 11.4 Å². The van der Waals surface area contributed by atoms with E-state index in [0.717, 1.165) is 12.1 Å². The number of para-hydroxylation sites is 1. The molecule has 3 nitrogen and oxygen atoms in total. The third kappa shape index (κ3) is 3.92. The van der Waals surface area contributed by atoms with Gasteiger partial charge >= 0.3 is 18.3 Å². The van der Waals surface area contributed by atoms with Gasteiger partial charge in [-0.15, -0.1) is 0 Å². The Bertz CT molecular complexity index is 734. The van der Waals surface area contributed by atoms with Gasteiger partial charge in [-0.25, -0.2) is 8.78 Å². The summed E-state index contributed by atoms with van der Waals surface area (Å²) in [7, 11) is 0. The van der Waals surface area contributed by atoms with E-state index in [1.54, 1.807) is 12.1 Å². The lowest BCUT2D eigenvalue weighted by molar-refractivity contribution is -0.262. The molecule has 9 heteroatoms. The van der Waals surface area contributed by atoms with Crippen LogP contribution in [0.1, 0.15) is 5.56 Å². The highest BCUT2D eigenvalue weighted by Crippen LogP contribution is 2.41. The van der Waals surface area contributed by atoms with Gasteiger partial charge in [0, 0.05) is 6.42 Å². The van der Waals surface area contributed by atoms with Gasteiger partial charge in [0.15, 0.2) is 5.75 Å². The summed E-state index contributed by atoms with van der Waals surface area (Å²) < 4.78 is 82.3. The number of benzene rings is 2. The lowest BCUT2D eigenvalue weighted by Gasteiger charge is -2.25. The van der Waals surface area contributed by atoms with E-state index < -0.39 is 24.7 Å². The molecule has 0 amide bonds. The van der Waals surface area contributed by atoms with Crippen LogP contribution in [0.15, 0.2) is 42.5 Å². The molecule has 0 aliphatic heterocycles. The summed E-state index contributed by atoms with van der Waals surface area (Å²) >= 11 is 0. The molecule has 2 aromatic rings. The molecule has 0 unspecified atom stereocenters. The van der Waals surface area contributed by atoms with Gasteiger partial charge < -0.3 is 16.2 Å². The molecule has 25 heavy (non-hydrogen) atoms. The smallest absolute Gasteiger partial charge is 0.369 e. The third-order valence-corrected chi connectivity index (χ3v) is 3.44. The first-order valence-corrected chi connectivity index (χ1v) is 6.99. The minimum Gasteiger partial charge on any atom is -0.455 e. The minimum atomic E-state index is -5.42. The molecule has 0 radical (unpaired) electrons. The molecule has 0 bridgehead atoms. The molecule has 0 fully saturated rings. The number of ether oxygens (including phenoxy) is 1. The second-order valence-corrected chi connectivity index (χ2v) is 5.31. The number of hydrogen-bond acceptors (Lipinski definition) is 3. The van der Waals surface area contributed by atoms with Gasteiger partial charge in [0.25, 0.3) is 0 Å². The van der Waals surface area contributed by atoms with Crippen molar-refractivity contribution in [2.75, 3.05) is 11.5 Å². The van der Waals surface area contributed by atoms with E-state index in [4.69, 9.17) is 16.2 Å². The molecule has 0 aromatic heterocycles. The fourth-order valence-corrected chi connectivity index (χ4v) is 1.99. The average Bonchev–Trinajstić information content (AvgIpc) is 2.53. The summed E-state index contributed by atoms with van der Waals surface area (Å²) in [5.74, 6) is -9.90. The van der Waals surface area contributed by atoms with E-state index in [1.807, 2.05) is 0 Å². The predicted molar refractivity (Wildman–Crippen MR) is 81.4 cm³/mol. The van der Waals surface area contributed by atoms with Crippen LogP contribution >= 0.6 is 0 Å². The Morgan fingerprint density at radius 1 is 0.920 bits per heavy atom. The molecule has 4 N–H and O–H groups in total. The highest BCUT2D eigenvalue weighted by Gasteiger charge is 2.62. The normalized spacial score (nSPS) is 12.4. The number of alkyl halides is 6. The Morgan fingerprint density at radius 3 is 2.08 bits per heavy atom. The Kier molecular flexibility index (Phi) is 5.05. The highest BCUT2D eigenvalue weighted by molar-refractivity contribution is 5.71. The van der Waals surface area contributed by atoms with Crippen molar-refractivity contribution in [2.24, 2.45) is 0 Å². The summed E-state index contributed by atoms with van der Waals surface area (Å²) in [5, 5.41) is 0. The number of nitrogen functional groups attached to an aromatic ring is 2. The van der Waals surface area contributed by atoms with E-state index in [1.165, 1.54) is 18.2 Å². The van der Waals surface area contributed by atoms with Gasteiger partial charge in [-0.3, -0.25) is 0 Å². The SMILES string of the molecule is Nc1cccc(Oc2ccc(CC(F)(F)C(F)(F)C(F)F)cc2)c1N. The van der Waals surface area contributed by atoms with Crippen LogP contribution in [-0.4, -0.2) is 18.3 Å². The number of halogens is 6. The maximum Gasteiger partial charge on any atom is 0.369 e. The number of rotatable bonds is 6. The number of hydrogen-bond donors (Lipinski definition) is 2. The topological polar surface area (TPSA) is 61.3 Å². The molecule has 0 saturated heterocycles. The fourth-order valence-electron chi connectivity index (χ4n) is 1.99. The van der Waals surface area contributed by atoms with E-state index in [-0.39, 0.29) is 28.4 Å². The maximum absolute atomic E-state index is 13.4. The Labute approximate surface area is 139 Å². The molecule has 2 rings (SSSR count). The molecule has 0 atom stereocenters. The van der Waals surface area contributed by atoms with Crippen molar-refractivity contribution in [3.05, 3.63) is 48.0 Å². The van der Waals surface area contributed by atoms with E-state index in [0.29, 0.717) is 0 Å². The largest absolute Gasteiger partial charge is 0.455 e. The first-order valence-electron chi connectivity index (χ1n) is 6.99. The second kappa shape index (κ2) is 6.73. The van der Waals surface area contributed by atoms with Crippen LogP contribution in [0, 0.1) is 0 Å². The Hall–Kier alpha value is -2.58. The Morgan fingerprint density at radius 2 is 1.52 bits per heavy atom. The minimum absolute atomic E-state index is 0.176. The molecular weight excluding hydrogens is 350 g/mol. The summed E-state index contributed by atoms with van der Waals surface area (Å²) in [6.45, 7) is 0. The van der Waals surface area contributed by atoms with E-state index in [2.05, 4.69) is 0 Å². The van der Waals surface area contributed by atoms with Crippen LogP contribution < -0.4 is 16.2 Å². The summed E-state index contributed by atoms with van der Waals surface area (Å²) in [6, 6.07) is 9.28. The molecule has 0 aliphatic carbocycles. The van der Waals surface area contributed by atoms with Gasteiger partial charge in [0.2, 0.25) is 0 Å². The van der Waals surface area contributed by atoms with Crippen molar-refractivity contribution in [3.8, 4) is 11.5 Å². The van der Waals surface area contributed by atoms with Crippen LogP contribution in [0.25, 0.3) is 0 Å². The summed E-state index contributed by atoms with van der Waals surface area (Å²) in [4.78, 5) is 0. The number of anilines is 2. The van der Waals surface area contributed by atoms with Crippen LogP contribution in [0.3, 0.4) is 0 Å². The van der Waals surface area contributed by atoms with Crippen LogP contribution in [0.4, 0.5) is 37.7 Å². The van der Waals surface area contributed by atoms with Crippen molar-refractivity contribution in [1.82, 2.24) is 0 Å². The molecule has 0 heterocycles. The zero-order valence-electron chi connectivity index (χ0n) is 12.7. The van der Waals surface area contributed by atoms with Crippen LogP contribution in [-0.2, 0) is 6.42 Å². The van der Waals surface area contributed by atoms with Gasteiger partial charge in [0.05, 0.1) is 11.4 Å². The molecule has 0 saturated carbocycles. The first-order chi connectivity index (χ1) is 11.5. The number of nitrogens with two attached hydrogens (primary N) is 2. The van der Waals surface area contributed by atoms with Crippen molar-refractivity contribution < 1.29 is 31.1 Å². The van der Waals surface area contributed by atoms with Crippen LogP contribution in [0.5, 0.6) is 11.5 Å². The molecular formula is C16H14F6N2O. The van der Waals surface area contributed by atoms with E-state index >= 15 is 0 Å². The zero-order valence-corrected chi connectivity index (χ0v) is 12.7. The first kappa shape index (κ1) is 18.8. The van der Waals surface area contributed by atoms with Gasteiger partial charge in [-0.1, -0.05) is 18.2 Å². The standard InChI is InChI=1S/C16H14F6N2O/c17-14(18)16(21,22)15(19,20)8-9-4-6-10(7-5-9)25-12-3-1-2-11(23)13(12)24/h1-7,14H,8,23-24H2. The molecule has 0 aliphatic rings. The molecule has 0 spiro atoms. The molecule has 2 aromatic carbocycles. The van der Waals surface area contributed by atoms with E-state index in [9.17, 15) is 26.3 Å². The fraction of sp³-hybridized carbons (Fsp3) is 0.250. The lowest BCUT2D eigenvalue weighted by Crippen LogP contribution is -2.47. The summed E-state index contributed by atoms with van der Waals surface area (Å²) in [6.07, 6.45) is -6.00. The highest BCUT2D eigenvalue weighted by atomic mass is 19.3. The quantitative estimate of drug-likeness (QED) is 0.576. The summed E-state index contributed by atoms with van der Waals surface area (Å²) in [5.41, 5.74) is 11.5. The van der Waals surface area contributed by atoms with Gasteiger partial charge in [-0.05, 0) is 29.8 Å².